The molecule has 1 aromatic heterocycles. The fraction of sp³-hybridized carbons (Fsp3) is 0.600. The lowest BCUT2D eigenvalue weighted by atomic mass is 10.2. The molecule has 0 amide bonds. The van der Waals surface area contributed by atoms with E-state index >= 15 is 0 Å². The van der Waals surface area contributed by atoms with Crippen molar-refractivity contribution in [3.05, 3.63) is 11.8 Å². The Kier molecular flexibility index (Phi) is 3.72. The summed E-state index contributed by atoms with van der Waals surface area (Å²) in [6, 6.07) is 0. The van der Waals surface area contributed by atoms with Crippen LogP contribution < -0.4 is 16.2 Å². The zero-order valence-corrected chi connectivity index (χ0v) is 9.76. The number of nitrogen functional groups attached to an aromatic ring is 1. The topological polar surface area (TPSA) is 96.5 Å². The molecule has 0 radical (unpaired) electrons. The Balaban J connectivity index is 2.20. The fourth-order valence-corrected chi connectivity index (χ4v) is 1.84. The molecule has 17 heavy (non-hydrogen) atoms. The van der Waals surface area contributed by atoms with Crippen LogP contribution in [0.4, 0.5) is 11.8 Å². The van der Waals surface area contributed by atoms with Gasteiger partial charge in [-0.25, -0.2) is 10.8 Å². The number of nitrogens with two attached hydrogens (primary N) is 1. The molecule has 1 saturated heterocycles. The van der Waals surface area contributed by atoms with Crippen molar-refractivity contribution in [2.45, 2.75) is 13.0 Å². The van der Waals surface area contributed by atoms with Gasteiger partial charge in [-0.15, -0.1) is 0 Å². The van der Waals surface area contributed by atoms with E-state index in [2.05, 4.69) is 20.3 Å². The van der Waals surface area contributed by atoms with Gasteiger partial charge >= 0.3 is 0 Å². The van der Waals surface area contributed by atoms with Gasteiger partial charge < -0.3 is 14.7 Å². The zero-order valence-electron chi connectivity index (χ0n) is 9.76. The second-order valence-corrected chi connectivity index (χ2v) is 3.97. The third kappa shape index (κ3) is 2.63. The number of hydrazine groups is 1. The minimum absolute atomic E-state index is 0.0165. The van der Waals surface area contributed by atoms with E-state index in [1.54, 1.807) is 6.20 Å². The van der Waals surface area contributed by atoms with Crippen LogP contribution >= 0.6 is 0 Å². The van der Waals surface area contributed by atoms with Crippen molar-refractivity contribution >= 4 is 11.8 Å². The summed E-state index contributed by atoms with van der Waals surface area (Å²) in [6.07, 6.45) is 1.56. The number of ether oxygens (including phenoxy) is 1. The number of nitrogens with zero attached hydrogens (tertiary/aromatic N) is 3. The molecular formula is C10H17N5O2. The summed E-state index contributed by atoms with van der Waals surface area (Å²) in [7, 11) is 0. The molecule has 0 aromatic carbocycles. The van der Waals surface area contributed by atoms with Gasteiger partial charge in [-0.2, -0.15) is 4.98 Å². The highest BCUT2D eigenvalue weighted by Crippen LogP contribution is 2.20. The van der Waals surface area contributed by atoms with Crippen molar-refractivity contribution in [1.82, 2.24) is 9.97 Å². The van der Waals surface area contributed by atoms with Gasteiger partial charge in [0, 0.05) is 24.8 Å². The Hall–Kier alpha value is -1.44. The third-order valence-corrected chi connectivity index (χ3v) is 2.72. The van der Waals surface area contributed by atoms with Crippen molar-refractivity contribution < 1.29 is 9.84 Å². The number of aliphatic hydroxyl groups excluding tert-OH is 1. The number of morpholine rings is 1. The number of aromatic nitrogens is 2. The fourth-order valence-electron chi connectivity index (χ4n) is 1.84. The van der Waals surface area contributed by atoms with Gasteiger partial charge in [-0.05, 0) is 6.92 Å². The third-order valence-electron chi connectivity index (χ3n) is 2.72. The summed E-state index contributed by atoms with van der Waals surface area (Å²) in [4.78, 5) is 10.4. The van der Waals surface area contributed by atoms with Crippen LogP contribution in [0.5, 0.6) is 0 Å². The molecule has 2 heterocycles. The van der Waals surface area contributed by atoms with Crippen molar-refractivity contribution in [2.24, 2.45) is 5.84 Å². The monoisotopic (exact) mass is 239 g/mol. The van der Waals surface area contributed by atoms with Crippen LogP contribution in [0.25, 0.3) is 0 Å². The maximum Gasteiger partial charge on any atom is 0.239 e. The Morgan fingerprint density at radius 1 is 1.71 bits per heavy atom. The molecule has 2 rings (SSSR count). The molecule has 7 heteroatoms. The maximum atomic E-state index is 9.11. The molecule has 1 unspecified atom stereocenters. The van der Waals surface area contributed by atoms with Gasteiger partial charge in [-0.3, -0.25) is 5.43 Å². The SMILES string of the molecule is Cc1cnc(NN)nc1N1CCOC(CO)C1. The second-order valence-electron chi connectivity index (χ2n) is 3.97. The van der Waals surface area contributed by atoms with E-state index < -0.39 is 0 Å². The smallest absolute Gasteiger partial charge is 0.239 e. The van der Waals surface area contributed by atoms with Crippen molar-refractivity contribution in [1.29, 1.82) is 0 Å². The lowest BCUT2D eigenvalue weighted by Crippen LogP contribution is -2.44. The number of nitrogens with one attached hydrogen (secondary N) is 1. The van der Waals surface area contributed by atoms with E-state index in [1.807, 2.05) is 6.92 Å². The minimum atomic E-state index is -0.160. The summed E-state index contributed by atoms with van der Waals surface area (Å²) in [5.41, 5.74) is 3.40. The van der Waals surface area contributed by atoms with E-state index in [-0.39, 0.29) is 12.7 Å². The average Bonchev–Trinajstić information content (AvgIpc) is 2.39. The number of aliphatic hydroxyl groups is 1. The van der Waals surface area contributed by atoms with E-state index in [9.17, 15) is 0 Å². The van der Waals surface area contributed by atoms with E-state index in [0.717, 1.165) is 17.9 Å². The van der Waals surface area contributed by atoms with Crippen LogP contribution in [-0.2, 0) is 4.74 Å². The van der Waals surface area contributed by atoms with Crippen LogP contribution in [0.2, 0.25) is 0 Å². The van der Waals surface area contributed by atoms with Gasteiger partial charge in [0.1, 0.15) is 5.82 Å². The normalized spacial score (nSPS) is 20.4. The lowest BCUT2D eigenvalue weighted by molar-refractivity contribution is 0.00333. The van der Waals surface area contributed by atoms with Crippen molar-refractivity contribution in [3.63, 3.8) is 0 Å². The van der Waals surface area contributed by atoms with Crippen LogP contribution in [0.3, 0.4) is 0 Å². The molecule has 1 atom stereocenters. The van der Waals surface area contributed by atoms with Crippen molar-refractivity contribution in [3.8, 4) is 0 Å². The molecule has 94 valence electrons. The Labute approximate surface area is 99.6 Å². The summed E-state index contributed by atoms with van der Waals surface area (Å²) in [5, 5.41) is 9.11. The molecule has 1 aliphatic heterocycles. The van der Waals surface area contributed by atoms with E-state index in [1.165, 1.54) is 0 Å². The number of rotatable bonds is 3. The molecule has 0 spiro atoms. The highest BCUT2D eigenvalue weighted by molar-refractivity contribution is 5.49. The zero-order chi connectivity index (χ0) is 12.3. The number of hydrogen-bond donors (Lipinski definition) is 3. The van der Waals surface area contributed by atoms with Crippen LogP contribution in [0.1, 0.15) is 5.56 Å². The average molecular weight is 239 g/mol. The molecule has 0 bridgehead atoms. The first kappa shape index (κ1) is 12.0. The molecule has 0 saturated carbocycles. The molecule has 0 aliphatic carbocycles. The quantitative estimate of drug-likeness (QED) is 0.472. The first-order chi connectivity index (χ1) is 8.24. The minimum Gasteiger partial charge on any atom is -0.394 e. The maximum absolute atomic E-state index is 9.11. The summed E-state index contributed by atoms with van der Waals surface area (Å²) >= 11 is 0. The number of aryl methyl sites for hydroxylation is 1. The lowest BCUT2D eigenvalue weighted by Gasteiger charge is -2.33. The Morgan fingerprint density at radius 3 is 3.24 bits per heavy atom. The highest BCUT2D eigenvalue weighted by atomic mass is 16.5. The summed E-state index contributed by atoms with van der Waals surface area (Å²) in [5.74, 6) is 6.51. The number of anilines is 2. The Morgan fingerprint density at radius 2 is 2.53 bits per heavy atom. The molecular weight excluding hydrogens is 222 g/mol. The van der Waals surface area contributed by atoms with Crippen molar-refractivity contribution in [2.75, 3.05) is 36.6 Å². The molecule has 1 aliphatic rings. The van der Waals surface area contributed by atoms with E-state index in [4.69, 9.17) is 15.7 Å². The highest BCUT2D eigenvalue weighted by Gasteiger charge is 2.22. The molecule has 4 N–H and O–H groups in total. The van der Waals surface area contributed by atoms with Gasteiger partial charge in [0.25, 0.3) is 0 Å². The van der Waals surface area contributed by atoms with Gasteiger partial charge in [-0.1, -0.05) is 0 Å². The van der Waals surface area contributed by atoms with Gasteiger partial charge in [0.2, 0.25) is 5.95 Å². The summed E-state index contributed by atoms with van der Waals surface area (Å²) in [6.45, 7) is 3.92. The number of hydrogen-bond acceptors (Lipinski definition) is 7. The van der Waals surface area contributed by atoms with Gasteiger partial charge in [0.05, 0.1) is 19.3 Å². The first-order valence-electron chi connectivity index (χ1n) is 5.52. The Bertz CT molecular complexity index is 387. The molecule has 7 nitrogen and oxygen atoms in total. The van der Waals surface area contributed by atoms with Crippen LogP contribution in [0, 0.1) is 6.92 Å². The predicted octanol–water partition coefficient (Wildman–Crippen LogP) is -0.732. The van der Waals surface area contributed by atoms with E-state index in [0.29, 0.717) is 19.1 Å². The summed E-state index contributed by atoms with van der Waals surface area (Å²) < 4.78 is 5.40. The predicted molar refractivity (Wildman–Crippen MR) is 63.6 cm³/mol. The second kappa shape index (κ2) is 5.26. The largest absolute Gasteiger partial charge is 0.394 e. The molecule has 1 aromatic rings. The first-order valence-corrected chi connectivity index (χ1v) is 5.52. The van der Waals surface area contributed by atoms with Gasteiger partial charge in [0.15, 0.2) is 0 Å². The molecule has 1 fully saturated rings. The standard InChI is InChI=1S/C10H17N5O2/c1-7-4-12-10(14-11)13-9(7)15-2-3-17-8(5-15)6-16/h4,8,16H,2-3,5-6,11H2,1H3,(H,12,13,14). The van der Waals surface area contributed by atoms with Crippen LogP contribution in [0.15, 0.2) is 6.20 Å². The van der Waals surface area contributed by atoms with Crippen LogP contribution in [-0.4, -0.2) is 47.5 Å².